The standard InChI is InChI=1S/C24H31N3O5/c1-15(2)23(28)25-14-19-17-13-22(32-5)21(31-4)12-16(17)10-11-27(19)24(29)26-18-8-6-7-9-20(18)30-3/h6-9,12-13,15,19H,10-11,14H2,1-5H3,(H,25,28)(H,26,29). The highest BCUT2D eigenvalue weighted by molar-refractivity contribution is 5.91. The average Bonchev–Trinajstić information content (AvgIpc) is 2.81. The lowest BCUT2D eigenvalue weighted by atomic mass is 9.91. The molecule has 2 aromatic carbocycles. The predicted octanol–water partition coefficient (Wildman–Crippen LogP) is 3.62. The van der Waals surface area contributed by atoms with E-state index in [2.05, 4.69) is 10.6 Å². The molecule has 172 valence electrons. The number of nitrogens with zero attached hydrogens (tertiary/aromatic N) is 1. The van der Waals surface area contributed by atoms with Gasteiger partial charge in [0.15, 0.2) is 11.5 Å². The van der Waals surface area contributed by atoms with Crippen molar-refractivity contribution >= 4 is 17.6 Å². The van der Waals surface area contributed by atoms with Crippen LogP contribution >= 0.6 is 0 Å². The summed E-state index contributed by atoms with van der Waals surface area (Å²) in [7, 11) is 4.74. The van der Waals surface area contributed by atoms with Gasteiger partial charge >= 0.3 is 6.03 Å². The summed E-state index contributed by atoms with van der Waals surface area (Å²) >= 11 is 0. The number of rotatable bonds is 7. The molecule has 8 nitrogen and oxygen atoms in total. The van der Waals surface area contributed by atoms with E-state index < -0.39 is 0 Å². The molecule has 1 unspecified atom stereocenters. The van der Waals surface area contributed by atoms with Crippen LogP contribution in [-0.2, 0) is 11.2 Å². The zero-order valence-electron chi connectivity index (χ0n) is 19.2. The predicted molar refractivity (Wildman–Crippen MR) is 123 cm³/mol. The van der Waals surface area contributed by atoms with Crippen molar-refractivity contribution in [2.45, 2.75) is 26.3 Å². The fraction of sp³-hybridized carbons (Fsp3) is 0.417. The first-order chi connectivity index (χ1) is 15.4. The monoisotopic (exact) mass is 441 g/mol. The van der Waals surface area contributed by atoms with Crippen molar-refractivity contribution in [3.05, 3.63) is 47.5 Å². The summed E-state index contributed by atoms with van der Waals surface area (Å²) in [6.45, 7) is 4.46. The lowest BCUT2D eigenvalue weighted by Gasteiger charge is -2.38. The van der Waals surface area contributed by atoms with E-state index in [-0.39, 0.29) is 23.9 Å². The van der Waals surface area contributed by atoms with Gasteiger partial charge in [-0.3, -0.25) is 4.79 Å². The molecule has 0 spiro atoms. The van der Waals surface area contributed by atoms with Crippen molar-refractivity contribution < 1.29 is 23.8 Å². The maximum absolute atomic E-state index is 13.3. The third-order valence-corrected chi connectivity index (χ3v) is 5.61. The zero-order valence-corrected chi connectivity index (χ0v) is 19.2. The number of carbonyl (C=O) groups excluding carboxylic acids is 2. The summed E-state index contributed by atoms with van der Waals surface area (Å²) in [5.74, 6) is 1.58. The van der Waals surface area contributed by atoms with Crippen molar-refractivity contribution in [2.75, 3.05) is 39.7 Å². The summed E-state index contributed by atoms with van der Waals surface area (Å²) in [6, 6.07) is 10.5. The van der Waals surface area contributed by atoms with Crippen molar-refractivity contribution in [2.24, 2.45) is 5.92 Å². The molecule has 32 heavy (non-hydrogen) atoms. The lowest BCUT2D eigenvalue weighted by Crippen LogP contribution is -2.47. The van der Waals surface area contributed by atoms with Gasteiger partial charge in [-0.25, -0.2) is 4.79 Å². The van der Waals surface area contributed by atoms with Gasteiger partial charge in [0.05, 0.1) is 33.1 Å². The SMILES string of the molecule is COc1ccccc1NC(=O)N1CCc2cc(OC)c(OC)cc2C1CNC(=O)C(C)C. The number of benzene rings is 2. The molecule has 0 aromatic heterocycles. The molecule has 2 aromatic rings. The van der Waals surface area contributed by atoms with Gasteiger partial charge in [0.1, 0.15) is 5.75 Å². The number of urea groups is 1. The molecule has 1 heterocycles. The smallest absolute Gasteiger partial charge is 0.322 e. The minimum atomic E-state index is -0.365. The fourth-order valence-corrected chi connectivity index (χ4v) is 3.83. The number of ether oxygens (including phenoxy) is 3. The van der Waals surface area contributed by atoms with Gasteiger partial charge in [-0.2, -0.15) is 0 Å². The van der Waals surface area contributed by atoms with Crippen LogP contribution < -0.4 is 24.8 Å². The van der Waals surface area contributed by atoms with E-state index in [0.29, 0.717) is 42.4 Å². The lowest BCUT2D eigenvalue weighted by molar-refractivity contribution is -0.124. The normalized spacial score (nSPS) is 15.1. The highest BCUT2D eigenvalue weighted by Crippen LogP contribution is 2.38. The summed E-state index contributed by atoms with van der Waals surface area (Å²) in [6.07, 6.45) is 0.656. The number of hydrogen-bond donors (Lipinski definition) is 2. The number of para-hydroxylation sites is 2. The molecular formula is C24H31N3O5. The molecule has 0 saturated heterocycles. The van der Waals surface area contributed by atoms with Crippen LogP contribution in [0.25, 0.3) is 0 Å². The Balaban J connectivity index is 1.94. The van der Waals surface area contributed by atoms with Gasteiger partial charge in [0.2, 0.25) is 5.91 Å². The number of nitrogens with one attached hydrogen (secondary N) is 2. The number of methoxy groups -OCH3 is 3. The van der Waals surface area contributed by atoms with Crippen molar-refractivity contribution in [3.8, 4) is 17.2 Å². The second-order valence-corrected chi connectivity index (χ2v) is 7.90. The molecule has 0 saturated carbocycles. The quantitative estimate of drug-likeness (QED) is 0.685. The Morgan fingerprint density at radius 3 is 2.34 bits per heavy atom. The molecule has 1 atom stereocenters. The van der Waals surface area contributed by atoms with E-state index in [4.69, 9.17) is 14.2 Å². The molecule has 3 amide bonds. The van der Waals surface area contributed by atoms with Crippen LogP contribution in [0.3, 0.4) is 0 Å². The highest BCUT2D eigenvalue weighted by atomic mass is 16.5. The first kappa shape index (κ1) is 23.2. The molecule has 0 aliphatic carbocycles. The van der Waals surface area contributed by atoms with Crippen LogP contribution in [0, 0.1) is 5.92 Å². The van der Waals surface area contributed by atoms with E-state index in [1.807, 2.05) is 38.1 Å². The number of fused-ring (bicyclic) bond motifs is 1. The van der Waals surface area contributed by atoms with Crippen LogP contribution in [0.2, 0.25) is 0 Å². The van der Waals surface area contributed by atoms with Gasteiger partial charge in [-0.15, -0.1) is 0 Å². The van der Waals surface area contributed by atoms with E-state index in [1.165, 1.54) is 0 Å². The third-order valence-electron chi connectivity index (χ3n) is 5.61. The average molecular weight is 442 g/mol. The van der Waals surface area contributed by atoms with E-state index >= 15 is 0 Å². The van der Waals surface area contributed by atoms with Gasteiger partial charge < -0.3 is 29.7 Å². The molecule has 3 rings (SSSR count). The Hall–Kier alpha value is -3.42. The fourth-order valence-electron chi connectivity index (χ4n) is 3.83. The first-order valence-electron chi connectivity index (χ1n) is 10.6. The van der Waals surface area contributed by atoms with Gasteiger partial charge in [0.25, 0.3) is 0 Å². The minimum Gasteiger partial charge on any atom is -0.495 e. The molecule has 0 radical (unpaired) electrons. The van der Waals surface area contributed by atoms with Crippen LogP contribution in [0.1, 0.15) is 31.0 Å². The van der Waals surface area contributed by atoms with Crippen molar-refractivity contribution in [3.63, 3.8) is 0 Å². The van der Waals surface area contributed by atoms with E-state index in [1.54, 1.807) is 38.4 Å². The van der Waals surface area contributed by atoms with Crippen LogP contribution in [-0.4, -0.2) is 51.3 Å². The Morgan fingerprint density at radius 2 is 1.69 bits per heavy atom. The van der Waals surface area contributed by atoms with Crippen LogP contribution in [0.5, 0.6) is 17.2 Å². The van der Waals surface area contributed by atoms with Crippen LogP contribution in [0.4, 0.5) is 10.5 Å². The number of amides is 3. The number of anilines is 1. The second-order valence-electron chi connectivity index (χ2n) is 7.90. The second kappa shape index (κ2) is 10.3. The minimum absolute atomic E-state index is 0.0670. The molecule has 2 N–H and O–H groups in total. The highest BCUT2D eigenvalue weighted by Gasteiger charge is 2.33. The Kier molecular flexibility index (Phi) is 7.45. The van der Waals surface area contributed by atoms with Gasteiger partial charge in [-0.1, -0.05) is 26.0 Å². The van der Waals surface area contributed by atoms with Crippen molar-refractivity contribution in [1.82, 2.24) is 10.2 Å². The molecule has 1 aliphatic rings. The maximum Gasteiger partial charge on any atom is 0.322 e. The summed E-state index contributed by atoms with van der Waals surface area (Å²) in [5, 5.41) is 5.92. The van der Waals surface area contributed by atoms with Crippen molar-refractivity contribution in [1.29, 1.82) is 0 Å². The molecule has 8 heteroatoms. The topological polar surface area (TPSA) is 89.1 Å². The molecule has 1 aliphatic heterocycles. The Morgan fingerprint density at radius 1 is 1.03 bits per heavy atom. The number of carbonyl (C=O) groups is 2. The third kappa shape index (κ3) is 4.90. The maximum atomic E-state index is 13.3. The summed E-state index contributed by atoms with van der Waals surface area (Å²) < 4.78 is 16.3. The largest absolute Gasteiger partial charge is 0.495 e. The van der Waals surface area contributed by atoms with Crippen LogP contribution in [0.15, 0.2) is 36.4 Å². The van der Waals surface area contributed by atoms with E-state index in [0.717, 1.165) is 11.1 Å². The van der Waals surface area contributed by atoms with Gasteiger partial charge in [-0.05, 0) is 41.8 Å². The Labute approximate surface area is 188 Å². The summed E-state index contributed by atoms with van der Waals surface area (Å²) in [4.78, 5) is 27.3. The van der Waals surface area contributed by atoms with E-state index in [9.17, 15) is 9.59 Å². The molecular weight excluding hydrogens is 410 g/mol. The molecule has 0 fully saturated rings. The summed E-state index contributed by atoms with van der Waals surface area (Å²) in [5.41, 5.74) is 2.57. The number of hydrogen-bond acceptors (Lipinski definition) is 5. The van der Waals surface area contributed by atoms with Gasteiger partial charge in [0, 0.05) is 19.0 Å². The zero-order chi connectivity index (χ0) is 23.3. The molecule has 0 bridgehead atoms. The first-order valence-corrected chi connectivity index (χ1v) is 10.6. The Bertz CT molecular complexity index is 976.